The molecule has 3 atom stereocenters. The highest BCUT2D eigenvalue weighted by Gasteiger charge is 2.38. The third kappa shape index (κ3) is 4.53. The van der Waals surface area contributed by atoms with Crippen molar-refractivity contribution < 1.29 is 19.2 Å². The second kappa shape index (κ2) is 8.33. The molecule has 7 heteroatoms. The largest absolute Gasteiger partial charge is 0.368 e. The average molecular weight is 371 g/mol. The lowest BCUT2D eigenvalue weighted by molar-refractivity contribution is -0.141. The molecule has 7 nitrogen and oxygen atoms in total. The van der Waals surface area contributed by atoms with Crippen molar-refractivity contribution in [1.29, 1.82) is 0 Å². The van der Waals surface area contributed by atoms with Gasteiger partial charge in [0, 0.05) is 31.7 Å². The number of ketones is 1. The van der Waals surface area contributed by atoms with E-state index in [0.29, 0.717) is 38.6 Å². The number of primary amides is 1. The summed E-state index contributed by atoms with van der Waals surface area (Å²) in [6, 6.07) is 8.00. The summed E-state index contributed by atoms with van der Waals surface area (Å²) in [5.41, 5.74) is 6.35. The van der Waals surface area contributed by atoms with Gasteiger partial charge in [0.15, 0.2) is 0 Å². The molecule has 1 aliphatic carbocycles. The van der Waals surface area contributed by atoms with E-state index in [4.69, 9.17) is 5.73 Å². The number of amides is 3. The summed E-state index contributed by atoms with van der Waals surface area (Å²) < 4.78 is 0. The average Bonchev–Trinajstić information content (AvgIpc) is 3.30. The number of nitrogens with one attached hydrogen (secondary N) is 1. The Hall–Kier alpha value is -2.70. The Balaban J connectivity index is 1.76. The van der Waals surface area contributed by atoms with Crippen molar-refractivity contribution in [1.82, 2.24) is 10.2 Å². The lowest BCUT2D eigenvalue weighted by atomic mass is 10.0. The molecule has 1 saturated carbocycles. The topological polar surface area (TPSA) is 110 Å². The van der Waals surface area contributed by atoms with Crippen molar-refractivity contribution in [2.75, 3.05) is 6.54 Å². The first-order valence-electron chi connectivity index (χ1n) is 9.41. The summed E-state index contributed by atoms with van der Waals surface area (Å²) in [6.07, 6.45) is 2.74. The minimum Gasteiger partial charge on any atom is -0.368 e. The maximum absolute atomic E-state index is 13.1. The summed E-state index contributed by atoms with van der Waals surface area (Å²) in [5.74, 6) is -1.39. The number of benzene rings is 1. The molecule has 27 heavy (non-hydrogen) atoms. The molecule has 1 heterocycles. The molecule has 1 aromatic carbocycles. The van der Waals surface area contributed by atoms with Gasteiger partial charge in [-0.3, -0.25) is 19.2 Å². The van der Waals surface area contributed by atoms with Crippen molar-refractivity contribution in [2.45, 2.75) is 50.6 Å². The second-order valence-corrected chi connectivity index (χ2v) is 7.32. The summed E-state index contributed by atoms with van der Waals surface area (Å²) >= 11 is 0. The normalized spacial score (nSPS) is 23.3. The van der Waals surface area contributed by atoms with E-state index < -0.39 is 18.0 Å². The van der Waals surface area contributed by atoms with E-state index in [1.807, 2.05) is 30.3 Å². The minimum atomic E-state index is -0.782. The number of nitrogens with zero attached hydrogens (tertiary/aromatic N) is 1. The lowest BCUT2D eigenvalue weighted by Gasteiger charge is -2.28. The first kappa shape index (κ1) is 19.1. The number of nitrogens with two attached hydrogens (primary N) is 1. The molecule has 3 N–H and O–H groups in total. The highest BCUT2D eigenvalue weighted by Crippen LogP contribution is 2.23. The Bertz CT molecular complexity index is 734. The molecule has 0 unspecified atom stereocenters. The van der Waals surface area contributed by atoms with Crippen LogP contribution in [0.15, 0.2) is 30.3 Å². The molecule has 144 valence electrons. The zero-order valence-corrected chi connectivity index (χ0v) is 15.2. The van der Waals surface area contributed by atoms with E-state index in [9.17, 15) is 19.2 Å². The fourth-order valence-corrected chi connectivity index (χ4v) is 3.90. The van der Waals surface area contributed by atoms with Crippen LogP contribution in [0.25, 0.3) is 0 Å². The molecule has 1 aromatic rings. The fraction of sp³-hybridized carbons (Fsp3) is 0.500. The van der Waals surface area contributed by atoms with E-state index >= 15 is 0 Å². The van der Waals surface area contributed by atoms with E-state index in [0.717, 1.165) is 5.56 Å². The maximum atomic E-state index is 13.1. The van der Waals surface area contributed by atoms with Gasteiger partial charge in [0.05, 0.1) is 0 Å². The predicted molar refractivity (Wildman–Crippen MR) is 98.4 cm³/mol. The molecule has 0 aromatic heterocycles. The van der Waals surface area contributed by atoms with Gasteiger partial charge in [-0.25, -0.2) is 0 Å². The van der Waals surface area contributed by atoms with Gasteiger partial charge in [0.25, 0.3) is 0 Å². The molecule has 1 aliphatic heterocycles. The van der Waals surface area contributed by atoms with Crippen LogP contribution in [0.2, 0.25) is 0 Å². The molecule has 2 fully saturated rings. The van der Waals surface area contributed by atoms with E-state index in [1.54, 1.807) is 0 Å². The SMILES string of the molecule is NC(=O)[C@@H]1CCCN1C(=O)[C@H](Cc1ccccc1)NC(=O)[C@@H]1CCC(=O)C1. The first-order chi connectivity index (χ1) is 13.0. The van der Waals surface area contributed by atoms with Crippen molar-refractivity contribution in [3.8, 4) is 0 Å². The van der Waals surface area contributed by atoms with Crippen LogP contribution >= 0.6 is 0 Å². The van der Waals surface area contributed by atoms with Gasteiger partial charge in [-0.2, -0.15) is 0 Å². The molecular weight excluding hydrogens is 346 g/mol. The van der Waals surface area contributed by atoms with Crippen molar-refractivity contribution in [3.63, 3.8) is 0 Å². The van der Waals surface area contributed by atoms with Gasteiger partial charge in [0.1, 0.15) is 17.9 Å². The Morgan fingerprint density at radius 2 is 1.93 bits per heavy atom. The van der Waals surface area contributed by atoms with Crippen LogP contribution in [0.1, 0.15) is 37.7 Å². The van der Waals surface area contributed by atoms with Gasteiger partial charge in [-0.1, -0.05) is 30.3 Å². The zero-order chi connectivity index (χ0) is 19.4. The Labute approximate surface area is 158 Å². The van der Waals surface area contributed by atoms with Gasteiger partial charge < -0.3 is 16.0 Å². The predicted octanol–water partition coefficient (Wildman–Crippen LogP) is 0.559. The summed E-state index contributed by atoms with van der Waals surface area (Å²) in [7, 11) is 0. The van der Waals surface area contributed by atoms with E-state index in [1.165, 1.54) is 4.90 Å². The van der Waals surface area contributed by atoms with Crippen LogP contribution in [0.4, 0.5) is 0 Å². The molecule has 1 saturated heterocycles. The van der Waals surface area contributed by atoms with E-state index in [-0.39, 0.29) is 29.9 Å². The lowest BCUT2D eigenvalue weighted by Crippen LogP contribution is -2.54. The number of carbonyl (C=O) groups excluding carboxylic acids is 4. The van der Waals surface area contributed by atoms with Gasteiger partial charge in [0.2, 0.25) is 17.7 Å². The zero-order valence-electron chi connectivity index (χ0n) is 15.2. The molecule has 0 spiro atoms. The maximum Gasteiger partial charge on any atom is 0.246 e. The van der Waals surface area contributed by atoms with Crippen LogP contribution in [-0.2, 0) is 25.6 Å². The van der Waals surface area contributed by atoms with Gasteiger partial charge in [-0.05, 0) is 24.8 Å². The van der Waals surface area contributed by atoms with Crippen molar-refractivity contribution >= 4 is 23.5 Å². The van der Waals surface area contributed by atoms with Gasteiger partial charge in [-0.15, -0.1) is 0 Å². The molecule has 3 rings (SSSR count). The van der Waals surface area contributed by atoms with Crippen LogP contribution in [0.5, 0.6) is 0 Å². The highest BCUT2D eigenvalue weighted by molar-refractivity contribution is 5.94. The summed E-state index contributed by atoms with van der Waals surface area (Å²) in [4.78, 5) is 50.4. The minimum absolute atomic E-state index is 0.0782. The standard InChI is InChI=1S/C20H25N3O4/c21-18(25)17-7-4-10-23(17)20(27)16(11-13-5-2-1-3-6-13)22-19(26)14-8-9-15(24)12-14/h1-3,5-6,14,16-17H,4,7-12H2,(H2,21,25)(H,22,26)/t14-,16+,17+/m1/s1. The summed E-state index contributed by atoms with van der Waals surface area (Å²) in [5, 5.41) is 2.83. The number of likely N-dealkylation sites (tertiary alicyclic amines) is 1. The number of Topliss-reactive ketones (excluding diaryl/α,β-unsaturated/α-hetero) is 1. The molecule has 0 bridgehead atoms. The second-order valence-electron chi connectivity index (χ2n) is 7.32. The highest BCUT2D eigenvalue weighted by atomic mass is 16.2. The third-order valence-corrected chi connectivity index (χ3v) is 5.38. The van der Waals surface area contributed by atoms with Crippen LogP contribution in [0, 0.1) is 5.92 Å². The fourth-order valence-electron chi connectivity index (χ4n) is 3.90. The van der Waals surface area contributed by atoms with Crippen LogP contribution in [-0.4, -0.2) is 47.0 Å². The molecule has 0 radical (unpaired) electrons. The quantitative estimate of drug-likeness (QED) is 0.761. The Kier molecular flexibility index (Phi) is 5.88. The van der Waals surface area contributed by atoms with Crippen LogP contribution < -0.4 is 11.1 Å². The summed E-state index contributed by atoms with van der Waals surface area (Å²) in [6.45, 7) is 0.454. The molecule has 2 aliphatic rings. The van der Waals surface area contributed by atoms with Gasteiger partial charge >= 0.3 is 0 Å². The smallest absolute Gasteiger partial charge is 0.246 e. The Morgan fingerprint density at radius 3 is 2.56 bits per heavy atom. The van der Waals surface area contributed by atoms with Crippen molar-refractivity contribution in [2.24, 2.45) is 11.7 Å². The Morgan fingerprint density at radius 1 is 1.19 bits per heavy atom. The number of hydrogen-bond donors (Lipinski definition) is 2. The molecule has 3 amide bonds. The molecular formula is C20H25N3O4. The van der Waals surface area contributed by atoms with Crippen LogP contribution in [0.3, 0.4) is 0 Å². The van der Waals surface area contributed by atoms with E-state index in [2.05, 4.69) is 5.32 Å². The number of carbonyl (C=O) groups is 4. The first-order valence-corrected chi connectivity index (χ1v) is 9.41. The van der Waals surface area contributed by atoms with Crippen molar-refractivity contribution in [3.05, 3.63) is 35.9 Å². The third-order valence-electron chi connectivity index (χ3n) is 5.38. The number of rotatable bonds is 6. The monoisotopic (exact) mass is 371 g/mol. The number of hydrogen-bond acceptors (Lipinski definition) is 4.